The highest BCUT2D eigenvalue weighted by Gasteiger charge is 2.46. The minimum Gasteiger partial charge on any atom is -0.477 e. The Kier molecular flexibility index (Phi) is 3.53. The Hall–Kier alpha value is -1.61. The lowest BCUT2D eigenvalue weighted by atomic mass is 9.73. The second kappa shape index (κ2) is 5.54. The second-order valence-electron chi connectivity index (χ2n) is 6.84. The number of hydrogen-bond acceptors (Lipinski definition) is 3. The molecule has 4 rings (SSSR count). The first-order valence-electron chi connectivity index (χ1n) is 8.50. The van der Waals surface area contributed by atoms with Gasteiger partial charge >= 0.3 is 0 Å². The van der Waals surface area contributed by atoms with E-state index >= 15 is 0 Å². The highest BCUT2D eigenvalue weighted by molar-refractivity contribution is 5.97. The molecule has 0 aromatic heterocycles. The molecule has 0 unspecified atom stereocenters. The van der Waals surface area contributed by atoms with Crippen molar-refractivity contribution in [3.05, 3.63) is 47.2 Å². The summed E-state index contributed by atoms with van der Waals surface area (Å²) < 4.78 is 6.39. The molecule has 0 spiro atoms. The Bertz CT molecular complexity index is 607. The van der Waals surface area contributed by atoms with E-state index in [1.807, 2.05) is 6.07 Å². The van der Waals surface area contributed by atoms with Crippen molar-refractivity contribution < 1.29 is 9.53 Å². The average Bonchev–Trinajstić information content (AvgIpc) is 2.54. The Morgan fingerprint density at radius 2 is 2.05 bits per heavy atom. The number of nitrogens with one attached hydrogen (secondary N) is 1. The largest absolute Gasteiger partial charge is 0.477 e. The molecule has 0 amide bonds. The van der Waals surface area contributed by atoms with Crippen molar-refractivity contribution in [2.45, 2.75) is 57.2 Å². The Morgan fingerprint density at radius 1 is 1.18 bits per heavy atom. The van der Waals surface area contributed by atoms with E-state index in [4.69, 9.17) is 4.74 Å². The average molecular weight is 297 g/mol. The SMILES string of the molecule is O=C1CCCC2=C1[C@H]1CCC[C@](NCc3ccccc3)(C1)O2. The molecule has 2 aliphatic carbocycles. The van der Waals surface area contributed by atoms with Crippen molar-refractivity contribution in [2.75, 3.05) is 0 Å². The minimum atomic E-state index is -0.255. The number of rotatable bonds is 3. The Morgan fingerprint density at radius 3 is 2.91 bits per heavy atom. The van der Waals surface area contributed by atoms with Gasteiger partial charge in [-0.1, -0.05) is 30.3 Å². The van der Waals surface area contributed by atoms with Crippen molar-refractivity contribution >= 4 is 5.78 Å². The number of Topliss-reactive ketones (excluding diaryl/α,β-unsaturated/α-hetero) is 1. The number of carbonyl (C=O) groups excluding carboxylic acids is 1. The number of ether oxygens (including phenoxy) is 1. The van der Waals surface area contributed by atoms with Gasteiger partial charge in [0.2, 0.25) is 0 Å². The Balaban J connectivity index is 1.56. The predicted octanol–water partition coefficient (Wildman–Crippen LogP) is 3.70. The molecule has 1 heterocycles. The van der Waals surface area contributed by atoms with Gasteiger partial charge in [-0.15, -0.1) is 0 Å². The number of benzene rings is 1. The van der Waals surface area contributed by atoms with Gasteiger partial charge in [-0.05, 0) is 30.7 Å². The van der Waals surface area contributed by atoms with E-state index in [2.05, 4.69) is 29.6 Å². The van der Waals surface area contributed by atoms with Crippen molar-refractivity contribution in [1.29, 1.82) is 0 Å². The van der Waals surface area contributed by atoms with Gasteiger partial charge in [-0.2, -0.15) is 0 Å². The standard InChI is InChI=1S/C19H23NO2/c21-16-9-4-10-17-18(16)15-8-5-11-19(12-15,22-17)20-13-14-6-2-1-3-7-14/h1-3,6-7,15,20H,4-5,8-13H2/t15-,19+/m0/s1. The fraction of sp³-hybridized carbons (Fsp3) is 0.526. The lowest BCUT2D eigenvalue weighted by Gasteiger charge is -2.48. The lowest BCUT2D eigenvalue weighted by molar-refractivity contribution is -0.124. The van der Waals surface area contributed by atoms with Crippen LogP contribution in [-0.4, -0.2) is 11.5 Å². The third-order valence-electron chi connectivity index (χ3n) is 5.30. The van der Waals surface area contributed by atoms with Gasteiger partial charge in [0.25, 0.3) is 0 Å². The smallest absolute Gasteiger partial charge is 0.162 e. The molecule has 2 atom stereocenters. The van der Waals surface area contributed by atoms with Crippen LogP contribution < -0.4 is 5.32 Å². The van der Waals surface area contributed by atoms with Crippen LogP contribution in [0.25, 0.3) is 0 Å². The highest BCUT2D eigenvalue weighted by Crippen LogP contribution is 2.47. The van der Waals surface area contributed by atoms with E-state index in [1.54, 1.807) is 0 Å². The van der Waals surface area contributed by atoms with Crippen molar-refractivity contribution in [3.8, 4) is 0 Å². The maximum absolute atomic E-state index is 12.3. The molecule has 3 nitrogen and oxygen atoms in total. The third kappa shape index (κ3) is 2.48. The van der Waals surface area contributed by atoms with E-state index in [-0.39, 0.29) is 5.72 Å². The summed E-state index contributed by atoms with van der Waals surface area (Å²) in [6.07, 6.45) is 6.86. The van der Waals surface area contributed by atoms with E-state index in [0.29, 0.717) is 18.1 Å². The van der Waals surface area contributed by atoms with Crippen LogP contribution in [-0.2, 0) is 16.1 Å². The van der Waals surface area contributed by atoms with Gasteiger partial charge in [0.05, 0.1) is 0 Å². The summed E-state index contributed by atoms with van der Waals surface area (Å²) in [5, 5.41) is 3.66. The summed E-state index contributed by atoms with van der Waals surface area (Å²) in [4.78, 5) is 12.3. The number of carbonyl (C=O) groups is 1. The van der Waals surface area contributed by atoms with Gasteiger partial charge in [-0.3, -0.25) is 10.1 Å². The maximum Gasteiger partial charge on any atom is 0.162 e. The van der Waals surface area contributed by atoms with Crippen LogP contribution >= 0.6 is 0 Å². The first-order chi connectivity index (χ1) is 10.8. The van der Waals surface area contributed by atoms with Crippen LogP contribution in [0.1, 0.15) is 50.5 Å². The molecule has 1 aromatic carbocycles. The fourth-order valence-corrected chi connectivity index (χ4v) is 4.26. The van der Waals surface area contributed by atoms with Gasteiger partial charge < -0.3 is 4.74 Å². The fourth-order valence-electron chi connectivity index (χ4n) is 4.26. The normalized spacial score (nSPS) is 30.7. The van der Waals surface area contributed by atoms with Crippen LogP contribution in [0, 0.1) is 5.92 Å². The van der Waals surface area contributed by atoms with Gasteiger partial charge in [0, 0.05) is 37.8 Å². The Labute approximate surface area is 131 Å². The van der Waals surface area contributed by atoms with Crippen LogP contribution in [0.5, 0.6) is 0 Å². The summed E-state index contributed by atoms with van der Waals surface area (Å²) >= 11 is 0. The van der Waals surface area contributed by atoms with Gasteiger partial charge in [0.1, 0.15) is 5.76 Å². The lowest BCUT2D eigenvalue weighted by Crippen LogP contribution is -2.54. The molecule has 1 aliphatic heterocycles. The van der Waals surface area contributed by atoms with Crippen molar-refractivity contribution in [1.82, 2.24) is 5.32 Å². The zero-order chi connectivity index (χ0) is 15.0. The van der Waals surface area contributed by atoms with Gasteiger partial charge in [-0.25, -0.2) is 0 Å². The van der Waals surface area contributed by atoms with E-state index in [1.165, 1.54) is 5.56 Å². The highest BCUT2D eigenvalue weighted by atomic mass is 16.5. The molecular formula is C19H23NO2. The molecule has 116 valence electrons. The second-order valence-corrected chi connectivity index (χ2v) is 6.84. The van der Waals surface area contributed by atoms with Crippen molar-refractivity contribution in [3.63, 3.8) is 0 Å². The molecule has 3 aliphatic rings. The summed E-state index contributed by atoms with van der Waals surface area (Å²) in [6.45, 7) is 0.824. The first-order valence-corrected chi connectivity index (χ1v) is 8.50. The molecule has 0 saturated heterocycles. The summed E-state index contributed by atoms with van der Waals surface area (Å²) in [5.74, 6) is 1.74. The molecule has 2 bridgehead atoms. The maximum atomic E-state index is 12.3. The number of fused-ring (bicyclic) bond motifs is 3. The molecule has 1 aromatic rings. The summed E-state index contributed by atoms with van der Waals surface area (Å²) in [6, 6.07) is 10.5. The summed E-state index contributed by atoms with van der Waals surface area (Å²) in [5.41, 5.74) is 2.06. The molecule has 3 heteroatoms. The first kappa shape index (κ1) is 14.0. The number of hydrogen-bond donors (Lipinski definition) is 1. The molecule has 1 saturated carbocycles. The van der Waals surface area contributed by atoms with Crippen LogP contribution in [0.15, 0.2) is 41.7 Å². The van der Waals surface area contributed by atoms with E-state index in [0.717, 1.165) is 56.4 Å². The third-order valence-corrected chi connectivity index (χ3v) is 5.30. The van der Waals surface area contributed by atoms with Gasteiger partial charge in [0.15, 0.2) is 11.5 Å². The van der Waals surface area contributed by atoms with Crippen LogP contribution in [0.2, 0.25) is 0 Å². The summed E-state index contributed by atoms with van der Waals surface area (Å²) in [7, 11) is 0. The monoisotopic (exact) mass is 297 g/mol. The topological polar surface area (TPSA) is 38.3 Å². The zero-order valence-corrected chi connectivity index (χ0v) is 12.9. The molecule has 1 fully saturated rings. The minimum absolute atomic E-state index is 0.255. The van der Waals surface area contributed by atoms with E-state index in [9.17, 15) is 4.79 Å². The molecular weight excluding hydrogens is 274 g/mol. The number of allylic oxidation sites excluding steroid dienone is 2. The van der Waals surface area contributed by atoms with E-state index < -0.39 is 0 Å². The molecule has 1 N–H and O–H groups in total. The van der Waals surface area contributed by atoms with Crippen molar-refractivity contribution in [2.24, 2.45) is 5.92 Å². The predicted molar refractivity (Wildman–Crippen MR) is 84.9 cm³/mol. The number of ketones is 1. The van der Waals surface area contributed by atoms with Crippen LogP contribution in [0.4, 0.5) is 0 Å². The molecule has 0 radical (unpaired) electrons. The quantitative estimate of drug-likeness (QED) is 0.924. The zero-order valence-electron chi connectivity index (χ0n) is 12.9. The van der Waals surface area contributed by atoms with Crippen LogP contribution in [0.3, 0.4) is 0 Å². The molecule has 22 heavy (non-hydrogen) atoms.